The first-order valence-electron chi connectivity index (χ1n) is 8.84. The number of hydrogen-bond acceptors (Lipinski definition) is 6. The number of oxime groups is 1. The number of amides is 2. The standard InChI is InChI=1S/C19H19F2N3O5/c20-19(21)29-15-5-2-1-4-14(15)12-22-28-13-17(25)23-7-9-24(10-8-23)18(26)16-6-3-11-27-16/h1-6,11-12,19H,7-10,13H2. The van der Waals surface area contributed by atoms with Crippen molar-refractivity contribution >= 4 is 18.0 Å². The van der Waals surface area contributed by atoms with Gasteiger partial charge in [0.2, 0.25) is 0 Å². The van der Waals surface area contributed by atoms with Gasteiger partial charge in [0.05, 0.1) is 12.5 Å². The Labute approximate surface area is 165 Å². The molecule has 0 aliphatic carbocycles. The first-order chi connectivity index (χ1) is 14.0. The number of carbonyl (C=O) groups is 2. The minimum atomic E-state index is -2.95. The highest BCUT2D eigenvalue weighted by atomic mass is 19.3. The maximum Gasteiger partial charge on any atom is 0.387 e. The summed E-state index contributed by atoms with van der Waals surface area (Å²) < 4.78 is 34.2. The molecule has 1 fully saturated rings. The van der Waals surface area contributed by atoms with Crippen LogP contribution in [-0.2, 0) is 9.63 Å². The number of alkyl halides is 2. The van der Waals surface area contributed by atoms with Crippen LogP contribution in [0.5, 0.6) is 5.75 Å². The number of hydrogen-bond donors (Lipinski definition) is 0. The highest BCUT2D eigenvalue weighted by molar-refractivity contribution is 5.91. The Balaban J connectivity index is 1.44. The molecule has 2 aromatic rings. The van der Waals surface area contributed by atoms with Crippen molar-refractivity contribution in [1.29, 1.82) is 0 Å². The monoisotopic (exact) mass is 407 g/mol. The average molecular weight is 407 g/mol. The van der Waals surface area contributed by atoms with Crippen molar-refractivity contribution in [1.82, 2.24) is 9.80 Å². The Morgan fingerprint density at radius 1 is 1.10 bits per heavy atom. The predicted molar refractivity (Wildman–Crippen MR) is 97.8 cm³/mol. The molecular weight excluding hydrogens is 388 g/mol. The Hall–Kier alpha value is -3.43. The van der Waals surface area contributed by atoms with Crippen LogP contribution in [0.4, 0.5) is 8.78 Å². The second kappa shape index (κ2) is 9.67. The van der Waals surface area contributed by atoms with Gasteiger partial charge in [0.25, 0.3) is 11.8 Å². The first kappa shape index (κ1) is 20.3. The van der Waals surface area contributed by atoms with Crippen LogP contribution < -0.4 is 4.74 Å². The zero-order valence-corrected chi connectivity index (χ0v) is 15.4. The molecule has 0 saturated carbocycles. The summed E-state index contributed by atoms with van der Waals surface area (Å²) in [6, 6.07) is 9.33. The minimum absolute atomic E-state index is 0.0430. The van der Waals surface area contributed by atoms with Crippen LogP contribution in [0.1, 0.15) is 16.1 Å². The number of para-hydroxylation sites is 1. The summed E-state index contributed by atoms with van der Waals surface area (Å²) in [6.07, 6.45) is 2.63. The largest absolute Gasteiger partial charge is 0.459 e. The molecule has 0 spiro atoms. The number of nitrogens with zero attached hydrogens (tertiary/aromatic N) is 3. The Kier molecular flexibility index (Phi) is 6.77. The zero-order valence-electron chi connectivity index (χ0n) is 15.4. The molecule has 1 saturated heterocycles. The van der Waals surface area contributed by atoms with E-state index in [9.17, 15) is 18.4 Å². The third-order valence-corrected chi connectivity index (χ3v) is 4.24. The maximum absolute atomic E-state index is 12.4. The molecule has 0 N–H and O–H groups in total. The molecule has 10 heteroatoms. The van der Waals surface area contributed by atoms with E-state index in [1.54, 1.807) is 34.1 Å². The van der Waals surface area contributed by atoms with Crippen LogP contribution in [0.2, 0.25) is 0 Å². The van der Waals surface area contributed by atoms with Crippen molar-refractivity contribution in [2.24, 2.45) is 5.16 Å². The van der Waals surface area contributed by atoms with Gasteiger partial charge in [0.15, 0.2) is 12.4 Å². The Bertz CT molecular complexity index is 849. The van der Waals surface area contributed by atoms with E-state index >= 15 is 0 Å². The van der Waals surface area contributed by atoms with Gasteiger partial charge in [-0.25, -0.2) is 0 Å². The van der Waals surface area contributed by atoms with Gasteiger partial charge < -0.3 is 23.8 Å². The van der Waals surface area contributed by atoms with Gasteiger partial charge in [0.1, 0.15) is 5.75 Å². The molecule has 0 unspecified atom stereocenters. The smallest absolute Gasteiger partial charge is 0.387 e. The summed E-state index contributed by atoms with van der Waals surface area (Å²) in [7, 11) is 0. The quantitative estimate of drug-likeness (QED) is 0.519. The summed E-state index contributed by atoms with van der Waals surface area (Å²) in [4.78, 5) is 32.6. The van der Waals surface area contributed by atoms with Crippen LogP contribution >= 0.6 is 0 Å². The van der Waals surface area contributed by atoms with E-state index in [0.717, 1.165) is 0 Å². The SMILES string of the molecule is O=C(CON=Cc1ccccc1OC(F)F)N1CCN(C(=O)c2ccco2)CC1. The molecule has 1 aliphatic heterocycles. The summed E-state index contributed by atoms with van der Waals surface area (Å²) in [5.74, 6) is -0.283. The zero-order chi connectivity index (χ0) is 20.6. The van der Waals surface area contributed by atoms with Crippen molar-refractivity contribution in [2.45, 2.75) is 6.61 Å². The number of rotatable bonds is 7. The van der Waals surface area contributed by atoms with Crippen molar-refractivity contribution in [3.05, 3.63) is 54.0 Å². The Morgan fingerprint density at radius 3 is 2.52 bits per heavy atom. The minimum Gasteiger partial charge on any atom is -0.459 e. The molecule has 0 radical (unpaired) electrons. The summed E-state index contributed by atoms with van der Waals surface area (Å²) in [5, 5.41) is 3.65. The number of halogens is 2. The van der Waals surface area contributed by atoms with Crippen molar-refractivity contribution in [3.63, 3.8) is 0 Å². The number of benzene rings is 1. The molecule has 29 heavy (non-hydrogen) atoms. The highest BCUT2D eigenvalue weighted by Gasteiger charge is 2.26. The van der Waals surface area contributed by atoms with E-state index in [2.05, 4.69) is 9.89 Å². The van der Waals surface area contributed by atoms with Gasteiger partial charge >= 0.3 is 6.61 Å². The maximum atomic E-state index is 12.4. The van der Waals surface area contributed by atoms with Gasteiger partial charge in [-0.05, 0) is 24.3 Å². The van der Waals surface area contributed by atoms with E-state index in [1.165, 1.54) is 24.6 Å². The van der Waals surface area contributed by atoms with Crippen LogP contribution in [-0.4, -0.2) is 67.2 Å². The molecule has 1 aliphatic rings. The molecule has 2 heterocycles. The van der Waals surface area contributed by atoms with Gasteiger partial charge in [-0.3, -0.25) is 9.59 Å². The fourth-order valence-corrected chi connectivity index (χ4v) is 2.78. The third kappa shape index (κ3) is 5.53. The lowest BCUT2D eigenvalue weighted by Gasteiger charge is -2.34. The second-order valence-electron chi connectivity index (χ2n) is 6.07. The van der Waals surface area contributed by atoms with Crippen LogP contribution in [0, 0.1) is 0 Å². The molecular formula is C19H19F2N3O5. The average Bonchev–Trinajstić information content (AvgIpc) is 3.26. The van der Waals surface area contributed by atoms with Crippen molar-refractivity contribution < 1.29 is 32.4 Å². The molecule has 1 aromatic carbocycles. The molecule has 8 nitrogen and oxygen atoms in total. The van der Waals surface area contributed by atoms with E-state index < -0.39 is 6.61 Å². The molecule has 154 valence electrons. The topological polar surface area (TPSA) is 84.6 Å². The van der Waals surface area contributed by atoms with Crippen molar-refractivity contribution in [3.8, 4) is 5.75 Å². The third-order valence-electron chi connectivity index (χ3n) is 4.24. The fraction of sp³-hybridized carbons (Fsp3) is 0.316. The number of ether oxygens (including phenoxy) is 1. The molecule has 1 aromatic heterocycles. The van der Waals surface area contributed by atoms with Crippen molar-refractivity contribution in [2.75, 3.05) is 32.8 Å². The van der Waals surface area contributed by atoms with Gasteiger partial charge in [-0.1, -0.05) is 17.3 Å². The second-order valence-corrected chi connectivity index (χ2v) is 6.07. The number of piperazine rings is 1. The Morgan fingerprint density at radius 2 is 1.83 bits per heavy atom. The normalized spacial score (nSPS) is 14.4. The van der Waals surface area contributed by atoms with E-state index in [1.807, 2.05) is 0 Å². The van der Waals surface area contributed by atoms with Gasteiger partial charge in [-0.15, -0.1) is 0 Å². The number of furan rings is 1. The lowest BCUT2D eigenvalue weighted by molar-refractivity contribution is -0.137. The number of carbonyl (C=O) groups excluding carboxylic acids is 2. The fourth-order valence-electron chi connectivity index (χ4n) is 2.78. The lowest BCUT2D eigenvalue weighted by atomic mass is 10.2. The van der Waals surface area contributed by atoms with E-state index in [-0.39, 0.29) is 29.9 Å². The predicted octanol–water partition coefficient (Wildman–Crippen LogP) is 2.22. The first-order valence-corrected chi connectivity index (χ1v) is 8.84. The molecule has 3 rings (SSSR count). The summed E-state index contributed by atoms with van der Waals surface area (Å²) >= 11 is 0. The molecule has 0 bridgehead atoms. The highest BCUT2D eigenvalue weighted by Crippen LogP contribution is 2.18. The summed E-state index contributed by atoms with van der Waals surface area (Å²) in [6.45, 7) is -1.77. The molecule has 0 atom stereocenters. The summed E-state index contributed by atoms with van der Waals surface area (Å²) in [5.41, 5.74) is 0.297. The van der Waals surface area contributed by atoms with E-state index in [0.29, 0.717) is 31.7 Å². The van der Waals surface area contributed by atoms with Crippen LogP contribution in [0.3, 0.4) is 0 Å². The van der Waals surface area contributed by atoms with E-state index in [4.69, 9.17) is 9.25 Å². The lowest BCUT2D eigenvalue weighted by Crippen LogP contribution is -2.51. The van der Waals surface area contributed by atoms with Crippen LogP contribution in [0.15, 0.2) is 52.2 Å². The van der Waals surface area contributed by atoms with Gasteiger partial charge in [0, 0.05) is 31.7 Å². The molecule has 2 amide bonds. The van der Waals surface area contributed by atoms with Crippen LogP contribution in [0.25, 0.3) is 0 Å². The van der Waals surface area contributed by atoms with Gasteiger partial charge in [-0.2, -0.15) is 8.78 Å².